The van der Waals surface area contributed by atoms with E-state index in [2.05, 4.69) is 19.2 Å². The summed E-state index contributed by atoms with van der Waals surface area (Å²) in [5, 5.41) is 3.08. The van der Waals surface area contributed by atoms with Crippen LogP contribution in [0.5, 0.6) is 0 Å². The van der Waals surface area contributed by atoms with E-state index in [1.165, 1.54) is 0 Å². The molecule has 0 bridgehead atoms. The van der Waals surface area contributed by atoms with Crippen molar-refractivity contribution in [2.75, 3.05) is 16.8 Å². The quantitative estimate of drug-likeness (QED) is 0.793. The van der Waals surface area contributed by atoms with Gasteiger partial charge in [0.1, 0.15) is 0 Å². The summed E-state index contributed by atoms with van der Waals surface area (Å²) in [6.45, 7) is 6.99. The predicted octanol–water partition coefficient (Wildman–Crippen LogP) is 4.89. The van der Waals surface area contributed by atoms with Crippen LogP contribution >= 0.6 is 0 Å². The number of aryl methyl sites for hydroxylation is 1. The highest BCUT2D eigenvalue weighted by molar-refractivity contribution is 5.98. The van der Waals surface area contributed by atoms with E-state index >= 15 is 0 Å². The molecule has 0 spiro atoms. The number of nitrogens with zero attached hydrogens (tertiary/aromatic N) is 1. The summed E-state index contributed by atoms with van der Waals surface area (Å²) in [6, 6.07) is 15.7. The minimum atomic E-state index is -0.184. The van der Waals surface area contributed by atoms with Crippen LogP contribution in [-0.2, 0) is 9.59 Å². The van der Waals surface area contributed by atoms with Gasteiger partial charge in [0, 0.05) is 24.3 Å². The zero-order chi connectivity index (χ0) is 19.4. The number of benzene rings is 2. The summed E-state index contributed by atoms with van der Waals surface area (Å²) in [5.74, 6) is 0.252. The lowest BCUT2D eigenvalue weighted by atomic mass is 9.85. The van der Waals surface area contributed by atoms with E-state index in [0.717, 1.165) is 41.9 Å². The van der Waals surface area contributed by atoms with Crippen LogP contribution in [0.3, 0.4) is 0 Å². The van der Waals surface area contributed by atoms with Gasteiger partial charge in [0.15, 0.2) is 0 Å². The zero-order valence-electron chi connectivity index (χ0n) is 16.4. The Hall–Kier alpha value is -2.62. The van der Waals surface area contributed by atoms with Crippen LogP contribution in [0.4, 0.5) is 11.4 Å². The fourth-order valence-electron chi connectivity index (χ4n) is 3.79. The predicted molar refractivity (Wildman–Crippen MR) is 110 cm³/mol. The van der Waals surface area contributed by atoms with Gasteiger partial charge >= 0.3 is 0 Å². The molecule has 1 heterocycles. The van der Waals surface area contributed by atoms with Crippen molar-refractivity contribution in [3.63, 3.8) is 0 Å². The highest BCUT2D eigenvalue weighted by Gasteiger charge is 2.26. The van der Waals surface area contributed by atoms with E-state index in [0.29, 0.717) is 6.42 Å². The molecule has 2 aromatic rings. The number of nitrogens with one attached hydrogen (secondary N) is 1. The Bertz CT molecular complexity index is 816. The molecule has 0 aliphatic carbocycles. The molecule has 2 amide bonds. The van der Waals surface area contributed by atoms with Crippen LogP contribution in [0.2, 0.25) is 0 Å². The van der Waals surface area contributed by atoms with Crippen LogP contribution in [0.15, 0.2) is 48.5 Å². The number of hydrogen-bond donors (Lipinski definition) is 1. The van der Waals surface area contributed by atoms with E-state index in [4.69, 9.17) is 0 Å². The number of hydrogen-bond acceptors (Lipinski definition) is 2. The van der Waals surface area contributed by atoms with Crippen molar-refractivity contribution in [3.05, 3.63) is 59.7 Å². The van der Waals surface area contributed by atoms with Gasteiger partial charge in [0.05, 0.1) is 5.92 Å². The van der Waals surface area contributed by atoms with Crippen molar-refractivity contribution in [2.24, 2.45) is 5.92 Å². The van der Waals surface area contributed by atoms with Crippen molar-refractivity contribution < 1.29 is 9.59 Å². The third-order valence-corrected chi connectivity index (χ3v) is 5.48. The minimum absolute atomic E-state index is 0.0138. The molecule has 3 rings (SSSR count). The topological polar surface area (TPSA) is 49.4 Å². The average Bonchev–Trinajstić information content (AvgIpc) is 3.08. The van der Waals surface area contributed by atoms with E-state index < -0.39 is 0 Å². The average molecular weight is 364 g/mol. The number of anilines is 2. The fourth-order valence-corrected chi connectivity index (χ4v) is 3.79. The van der Waals surface area contributed by atoms with Gasteiger partial charge in [-0.15, -0.1) is 0 Å². The monoisotopic (exact) mass is 364 g/mol. The van der Waals surface area contributed by atoms with Crippen LogP contribution in [-0.4, -0.2) is 18.4 Å². The van der Waals surface area contributed by atoms with Gasteiger partial charge in [-0.2, -0.15) is 0 Å². The molecular formula is C23H28N2O2. The molecule has 2 atom stereocenters. The lowest BCUT2D eigenvalue weighted by Gasteiger charge is -2.23. The molecule has 0 saturated carbocycles. The van der Waals surface area contributed by atoms with Crippen LogP contribution in [0.25, 0.3) is 0 Å². The van der Waals surface area contributed by atoms with Gasteiger partial charge in [-0.3, -0.25) is 9.59 Å². The van der Waals surface area contributed by atoms with E-state index in [1.54, 1.807) is 0 Å². The summed E-state index contributed by atoms with van der Waals surface area (Å²) in [4.78, 5) is 26.9. The normalized spacial score (nSPS) is 16.3. The zero-order valence-corrected chi connectivity index (χ0v) is 16.4. The van der Waals surface area contributed by atoms with Crippen LogP contribution < -0.4 is 10.2 Å². The van der Waals surface area contributed by atoms with Gasteiger partial charge in [0.2, 0.25) is 11.8 Å². The standard InChI is InChI=1S/C23H28N2O2/c1-4-16(2)22(18-9-6-5-7-10-18)23(27)24-19-12-13-20(17(3)15-19)25-14-8-11-21(25)26/h5-7,9-10,12-13,15-16,22H,4,8,11,14H2,1-3H3,(H,24,27)/t16-,22-/m0/s1. The van der Waals surface area contributed by atoms with Crippen molar-refractivity contribution in [2.45, 2.75) is 46.0 Å². The van der Waals surface area contributed by atoms with Gasteiger partial charge < -0.3 is 10.2 Å². The number of amides is 2. The number of carbonyl (C=O) groups excluding carboxylic acids is 2. The first-order valence-electron chi connectivity index (χ1n) is 9.78. The summed E-state index contributed by atoms with van der Waals surface area (Å²) in [7, 11) is 0. The summed E-state index contributed by atoms with van der Waals surface area (Å²) in [5.41, 5.74) is 3.76. The van der Waals surface area contributed by atoms with Crippen LogP contribution in [0.1, 0.15) is 50.2 Å². The molecule has 2 aromatic carbocycles. The molecule has 1 aliphatic heterocycles. The SMILES string of the molecule is CC[C@H](C)[C@H](C(=O)Nc1ccc(N2CCCC2=O)c(C)c1)c1ccccc1. The Balaban J connectivity index is 1.79. The molecule has 0 aromatic heterocycles. The van der Waals surface area contributed by atoms with Crippen molar-refractivity contribution in [1.29, 1.82) is 0 Å². The van der Waals surface area contributed by atoms with Gasteiger partial charge in [0.25, 0.3) is 0 Å². The number of carbonyl (C=O) groups is 2. The van der Waals surface area contributed by atoms with Crippen molar-refractivity contribution >= 4 is 23.2 Å². The minimum Gasteiger partial charge on any atom is -0.326 e. The van der Waals surface area contributed by atoms with Crippen molar-refractivity contribution in [3.8, 4) is 0 Å². The van der Waals surface area contributed by atoms with Crippen molar-refractivity contribution in [1.82, 2.24) is 0 Å². The molecule has 1 N–H and O–H groups in total. The Labute approximate surface area is 161 Å². The second-order valence-electron chi connectivity index (χ2n) is 7.41. The number of rotatable bonds is 6. The first-order chi connectivity index (χ1) is 13.0. The molecule has 142 valence electrons. The van der Waals surface area contributed by atoms with Gasteiger partial charge in [-0.25, -0.2) is 0 Å². The third-order valence-electron chi connectivity index (χ3n) is 5.48. The smallest absolute Gasteiger partial charge is 0.232 e. The van der Waals surface area contributed by atoms with E-state index in [9.17, 15) is 9.59 Å². The molecule has 0 radical (unpaired) electrons. The molecular weight excluding hydrogens is 336 g/mol. The Morgan fingerprint density at radius 1 is 1.19 bits per heavy atom. The molecule has 1 aliphatic rings. The summed E-state index contributed by atoms with van der Waals surface area (Å²) < 4.78 is 0. The first kappa shape index (κ1) is 19.2. The highest BCUT2D eigenvalue weighted by Crippen LogP contribution is 2.30. The molecule has 4 nitrogen and oxygen atoms in total. The largest absolute Gasteiger partial charge is 0.326 e. The maximum Gasteiger partial charge on any atom is 0.232 e. The Morgan fingerprint density at radius 2 is 1.93 bits per heavy atom. The van der Waals surface area contributed by atoms with Gasteiger partial charge in [-0.1, -0.05) is 50.6 Å². The maximum absolute atomic E-state index is 13.0. The third kappa shape index (κ3) is 4.21. The Morgan fingerprint density at radius 3 is 2.52 bits per heavy atom. The lowest BCUT2D eigenvalue weighted by Crippen LogP contribution is -2.27. The summed E-state index contributed by atoms with van der Waals surface area (Å²) in [6.07, 6.45) is 2.46. The maximum atomic E-state index is 13.0. The molecule has 27 heavy (non-hydrogen) atoms. The second kappa shape index (κ2) is 8.38. The van der Waals surface area contributed by atoms with E-state index in [1.807, 2.05) is 60.4 Å². The van der Waals surface area contributed by atoms with Crippen LogP contribution in [0, 0.1) is 12.8 Å². The summed E-state index contributed by atoms with van der Waals surface area (Å²) >= 11 is 0. The first-order valence-corrected chi connectivity index (χ1v) is 9.78. The second-order valence-corrected chi connectivity index (χ2v) is 7.41. The van der Waals surface area contributed by atoms with E-state index in [-0.39, 0.29) is 23.7 Å². The molecule has 4 heteroatoms. The molecule has 1 saturated heterocycles. The Kier molecular flexibility index (Phi) is 5.94. The highest BCUT2D eigenvalue weighted by atomic mass is 16.2. The molecule has 0 unspecified atom stereocenters. The fraction of sp³-hybridized carbons (Fsp3) is 0.391. The lowest BCUT2D eigenvalue weighted by molar-refractivity contribution is -0.119. The molecule has 1 fully saturated rings. The van der Waals surface area contributed by atoms with Gasteiger partial charge in [-0.05, 0) is 48.6 Å².